The first-order chi connectivity index (χ1) is 9.70. The van der Waals surface area contributed by atoms with E-state index in [1.54, 1.807) is 12.1 Å². The molecule has 0 spiro atoms. The van der Waals surface area contributed by atoms with Gasteiger partial charge >= 0.3 is 0 Å². The molecule has 1 unspecified atom stereocenters. The van der Waals surface area contributed by atoms with E-state index in [1.165, 1.54) is 17.8 Å². The molecular formula is C15H16ClFN2S. The number of hydrogen-bond acceptors (Lipinski definition) is 3. The van der Waals surface area contributed by atoms with Gasteiger partial charge in [-0.15, -0.1) is 11.8 Å². The molecule has 2 aromatic carbocycles. The number of rotatable bonds is 6. The number of hydrogen-bond donors (Lipinski definition) is 2. The second-order valence-corrected chi connectivity index (χ2v) is 5.87. The summed E-state index contributed by atoms with van der Waals surface area (Å²) in [6, 6.07) is 14.4. The molecule has 1 atom stereocenters. The fraction of sp³-hybridized carbons (Fsp3) is 0.200. The highest BCUT2D eigenvalue weighted by Gasteiger charge is 2.11. The van der Waals surface area contributed by atoms with Gasteiger partial charge in [-0.25, -0.2) is 4.39 Å². The summed E-state index contributed by atoms with van der Waals surface area (Å²) in [4.78, 5) is 0.631. The molecule has 0 saturated heterocycles. The molecule has 0 aromatic heterocycles. The Bertz CT molecular complexity index is 565. The molecule has 0 saturated carbocycles. The summed E-state index contributed by atoms with van der Waals surface area (Å²) in [6.07, 6.45) is 0.706. The zero-order valence-electron chi connectivity index (χ0n) is 10.9. The van der Waals surface area contributed by atoms with Gasteiger partial charge in [0, 0.05) is 21.7 Å². The van der Waals surface area contributed by atoms with Gasteiger partial charge in [-0.2, -0.15) is 0 Å². The van der Waals surface area contributed by atoms with E-state index in [1.807, 2.05) is 30.3 Å². The maximum Gasteiger partial charge on any atom is 0.136 e. The summed E-state index contributed by atoms with van der Waals surface area (Å²) in [5.74, 6) is 6.04. The molecule has 106 valence electrons. The lowest BCUT2D eigenvalue weighted by Crippen LogP contribution is -2.38. The number of nitrogens with two attached hydrogens (primary N) is 1. The third-order valence-corrected chi connectivity index (χ3v) is 4.52. The Hall–Kier alpha value is -1.07. The van der Waals surface area contributed by atoms with E-state index < -0.39 is 0 Å². The SMILES string of the molecule is NNC(CSc1ccccc1F)Cc1ccccc1Cl. The average Bonchev–Trinajstić information content (AvgIpc) is 2.47. The van der Waals surface area contributed by atoms with Crippen molar-refractivity contribution in [1.82, 2.24) is 5.43 Å². The molecule has 2 aromatic rings. The van der Waals surface area contributed by atoms with Gasteiger partial charge in [-0.3, -0.25) is 11.3 Å². The van der Waals surface area contributed by atoms with Crippen molar-refractivity contribution in [1.29, 1.82) is 0 Å². The minimum atomic E-state index is -0.203. The molecule has 0 radical (unpaired) electrons. The van der Waals surface area contributed by atoms with Crippen LogP contribution >= 0.6 is 23.4 Å². The highest BCUT2D eigenvalue weighted by molar-refractivity contribution is 7.99. The van der Waals surface area contributed by atoms with Crippen molar-refractivity contribution in [3.8, 4) is 0 Å². The first kappa shape index (κ1) is 15.3. The van der Waals surface area contributed by atoms with Crippen molar-refractivity contribution >= 4 is 23.4 Å². The van der Waals surface area contributed by atoms with E-state index in [-0.39, 0.29) is 11.9 Å². The largest absolute Gasteiger partial charge is 0.271 e. The Morgan fingerprint density at radius 1 is 1.15 bits per heavy atom. The van der Waals surface area contributed by atoms with E-state index in [9.17, 15) is 4.39 Å². The van der Waals surface area contributed by atoms with Crippen LogP contribution < -0.4 is 11.3 Å². The number of halogens is 2. The van der Waals surface area contributed by atoms with Gasteiger partial charge < -0.3 is 0 Å². The van der Waals surface area contributed by atoms with Gasteiger partial charge in [-0.05, 0) is 30.2 Å². The molecule has 0 aliphatic heterocycles. The van der Waals surface area contributed by atoms with Gasteiger partial charge in [0.1, 0.15) is 5.82 Å². The Balaban J connectivity index is 1.96. The Morgan fingerprint density at radius 3 is 2.55 bits per heavy atom. The summed E-state index contributed by atoms with van der Waals surface area (Å²) in [5, 5.41) is 0.726. The third kappa shape index (κ3) is 4.21. The van der Waals surface area contributed by atoms with E-state index in [0.29, 0.717) is 17.1 Å². The van der Waals surface area contributed by atoms with E-state index in [2.05, 4.69) is 5.43 Å². The second kappa shape index (κ2) is 7.64. The lowest BCUT2D eigenvalue weighted by molar-refractivity contribution is 0.573. The highest BCUT2D eigenvalue weighted by atomic mass is 35.5. The van der Waals surface area contributed by atoms with Crippen LogP contribution in [-0.4, -0.2) is 11.8 Å². The first-order valence-corrected chi connectivity index (χ1v) is 7.64. The molecule has 2 nitrogen and oxygen atoms in total. The zero-order chi connectivity index (χ0) is 14.4. The number of thioether (sulfide) groups is 1. The van der Waals surface area contributed by atoms with Crippen LogP contribution in [0.1, 0.15) is 5.56 Å². The maximum atomic E-state index is 13.5. The lowest BCUT2D eigenvalue weighted by Gasteiger charge is -2.16. The Labute approximate surface area is 127 Å². The molecule has 20 heavy (non-hydrogen) atoms. The Morgan fingerprint density at radius 2 is 1.85 bits per heavy atom. The summed E-state index contributed by atoms with van der Waals surface area (Å²) in [6.45, 7) is 0. The molecule has 0 heterocycles. The standard InChI is InChI=1S/C15H16ClFN2S/c16-13-6-2-1-5-11(13)9-12(19-18)10-20-15-8-4-3-7-14(15)17/h1-8,12,19H,9-10,18H2. The lowest BCUT2D eigenvalue weighted by atomic mass is 10.1. The van der Waals surface area contributed by atoms with Crippen molar-refractivity contribution in [3.63, 3.8) is 0 Å². The predicted octanol–water partition coefficient (Wildman–Crippen LogP) is 3.65. The van der Waals surface area contributed by atoms with Gasteiger partial charge in [0.2, 0.25) is 0 Å². The zero-order valence-corrected chi connectivity index (χ0v) is 12.4. The average molecular weight is 311 g/mol. The van der Waals surface area contributed by atoms with Gasteiger partial charge in [0.15, 0.2) is 0 Å². The minimum absolute atomic E-state index is 0.0273. The summed E-state index contributed by atoms with van der Waals surface area (Å²) in [5.41, 5.74) is 3.80. The first-order valence-electron chi connectivity index (χ1n) is 6.27. The van der Waals surface area contributed by atoms with Crippen LogP contribution in [0.4, 0.5) is 4.39 Å². The van der Waals surface area contributed by atoms with E-state index in [0.717, 1.165) is 10.6 Å². The summed E-state index contributed by atoms with van der Waals surface area (Å²) in [7, 11) is 0. The van der Waals surface area contributed by atoms with Crippen LogP contribution in [0.15, 0.2) is 53.4 Å². The smallest absolute Gasteiger partial charge is 0.136 e. The molecule has 0 bridgehead atoms. The molecule has 2 rings (SSSR count). The molecular weight excluding hydrogens is 295 g/mol. The van der Waals surface area contributed by atoms with Gasteiger partial charge in [-0.1, -0.05) is 41.9 Å². The fourth-order valence-electron chi connectivity index (χ4n) is 1.85. The number of benzene rings is 2. The third-order valence-electron chi connectivity index (χ3n) is 2.94. The second-order valence-electron chi connectivity index (χ2n) is 4.40. The van der Waals surface area contributed by atoms with E-state index >= 15 is 0 Å². The van der Waals surface area contributed by atoms with Gasteiger partial charge in [0.05, 0.1) is 0 Å². The normalized spacial score (nSPS) is 12.3. The van der Waals surface area contributed by atoms with Crippen LogP contribution in [0.25, 0.3) is 0 Å². The topological polar surface area (TPSA) is 38.0 Å². The van der Waals surface area contributed by atoms with Crippen molar-refractivity contribution in [2.24, 2.45) is 5.84 Å². The van der Waals surface area contributed by atoms with Crippen molar-refractivity contribution < 1.29 is 4.39 Å². The quantitative estimate of drug-likeness (QED) is 0.486. The van der Waals surface area contributed by atoms with Crippen molar-refractivity contribution in [3.05, 3.63) is 64.9 Å². The van der Waals surface area contributed by atoms with Crippen LogP contribution in [0.3, 0.4) is 0 Å². The van der Waals surface area contributed by atoms with Gasteiger partial charge in [0.25, 0.3) is 0 Å². The van der Waals surface area contributed by atoms with Crippen LogP contribution in [0.2, 0.25) is 5.02 Å². The minimum Gasteiger partial charge on any atom is -0.271 e. The van der Waals surface area contributed by atoms with Crippen molar-refractivity contribution in [2.75, 3.05) is 5.75 Å². The molecule has 0 aliphatic carbocycles. The molecule has 0 fully saturated rings. The van der Waals surface area contributed by atoms with Crippen LogP contribution in [-0.2, 0) is 6.42 Å². The van der Waals surface area contributed by atoms with Crippen LogP contribution in [0, 0.1) is 5.82 Å². The molecule has 3 N–H and O–H groups in total. The number of hydrazine groups is 1. The van der Waals surface area contributed by atoms with Crippen LogP contribution in [0.5, 0.6) is 0 Å². The predicted molar refractivity (Wildman–Crippen MR) is 83.4 cm³/mol. The monoisotopic (exact) mass is 310 g/mol. The van der Waals surface area contributed by atoms with Crippen molar-refractivity contribution in [2.45, 2.75) is 17.4 Å². The highest BCUT2D eigenvalue weighted by Crippen LogP contribution is 2.23. The summed E-state index contributed by atoms with van der Waals surface area (Å²) < 4.78 is 13.5. The Kier molecular flexibility index (Phi) is 5.86. The molecule has 0 amide bonds. The summed E-state index contributed by atoms with van der Waals surface area (Å²) >= 11 is 7.58. The van der Waals surface area contributed by atoms with E-state index in [4.69, 9.17) is 17.4 Å². The maximum absolute atomic E-state index is 13.5. The molecule has 0 aliphatic rings. The fourth-order valence-corrected chi connectivity index (χ4v) is 3.04. The molecule has 5 heteroatoms. The number of nitrogens with one attached hydrogen (secondary N) is 1.